The molecule has 4 rings (SSSR count). The van der Waals surface area contributed by atoms with E-state index in [4.69, 9.17) is 4.74 Å². The number of halogens is 2. The van der Waals surface area contributed by atoms with Crippen LogP contribution in [0.1, 0.15) is 17.0 Å². The van der Waals surface area contributed by atoms with E-state index in [0.717, 1.165) is 11.3 Å². The van der Waals surface area contributed by atoms with Crippen LogP contribution in [0.5, 0.6) is 0 Å². The molecule has 8 heteroatoms. The van der Waals surface area contributed by atoms with Gasteiger partial charge in [-0.25, -0.2) is 8.78 Å². The van der Waals surface area contributed by atoms with Crippen LogP contribution in [0.15, 0.2) is 84.0 Å². The van der Waals surface area contributed by atoms with Gasteiger partial charge in [-0.05, 0) is 35.9 Å². The van der Waals surface area contributed by atoms with Crippen molar-refractivity contribution in [1.82, 2.24) is 14.8 Å². The SMILES string of the molecule is O[C@@H](COCc1ccccc1F)CSc1nnc(Cc2ccccc2)n1-c1ccc(F)cc1. The second kappa shape index (κ2) is 11.2. The highest BCUT2D eigenvalue weighted by atomic mass is 32.2. The molecule has 3 aromatic carbocycles. The van der Waals surface area contributed by atoms with E-state index < -0.39 is 6.10 Å². The molecule has 0 aliphatic carbocycles. The zero-order valence-electron chi connectivity index (χ0n) is 17.8. The average Bonchev–Trinajstić information content (AvgIpc) is 3.22. The summed E-state index contributed by atoms with van der Waals surface area (Å²) >= 11 is 1.33. The molecule has 1 aromatic heterocycles. The first-order valence-corrected chi connectivity index (χ1v) is 11.4. The monoisotopic (exact) mass is 467 g/mol. The van der Waals surface area contributed by atoms with E-state index in [2.05, 4.69) is 10.2 Å². The Bertz CT molecular complexity index is 1170. The summed E-state index contributed by atoms with van der Waals surface area (Å²) in [6, 6.07) is 22.4. The number of benzene rings is 3. The third-order valence-corrected chi connectivity index (χ3v) is 5.99. The van der Waals surface area contributed by atoms with Crippen LogP contribution in [0.25, 0.3) is 5.69 Å². The molecule has 1 heterocycles. The average molecular weight is 468 g/mol. The summed E-state index contributed by atoms with van der Waals surface area (Å²) in [4.78, 5) is 0. The molecule has 0 saturated carbocycles. The number of aromatic nitrogens is 3. The molecule has 5 nitrogen and oxygen atoms in total. The number of thioether (sulfide) groups is 1. The van der Waals surface area contributed by atoms with Gasteiger partial charge in [-0.15, -0.1) is 10.2 Å². The predicted molar refractivity (Wildman–Crippen MR) is 123 cm³/mol. The van der Waals surface area contributed by atoms with Crippen molar-refractivity contribution in [3.63, 3.8) is 0 Å². The first kappa shape index (κ1) is 23.1. The van der Waals surface area contributed by atoms with Crippen LogP contribution in [0.2, 0.25) is 0 Å². The van der Waals surface area contributed by atoms with Crippen LogP contribution in [0.4, 0.5) is 8.78 Å². The van der Waals surface area contributed by atoms with Crippen LogP contribution in [0, 0.1) is 11.6 Å². The maximum atomic E-state index is 13.7. The van der Waals surface area contributed by atoms with Crippen molar-refractivity contribution >= 4 is 11.8 Å². The van der Waals surface area contributed by atoms with Gasteiger partial charge >= 0.3 is 0 Å². The maximum Gasteiger partial charge on any atom is 0.195 e. The largest absolute Gasteiger partial charge is 0.390 e. The number of rotatable bonds is 10. The Kier molecular flexibility index (Phi) is 7.83. The number of hydrogen-bond acceptors (Lipinski definition) is 5. The van der Waals surface area contributed by atoms with Crippen molar-refractivity contribution in [3.8, 4) is 5.69 Å². The van der Waals surface area contributed by atoms with Gasteiger partial charge in [-0.3, -0.25) is 4.57 Å². The second-order valence-electron chi connectivity index (χ2n) is 7.44. The van der Waals surface area contributed by atoms with E-state index in [9.17, 15) is 13.9 Å². The molecule has 0 saturated heterocycles. The minimum absolute atomic E-state index is 0.0584. The number of hydrogen-bond donors (Lipinski definition) is 1. The zero-order valence-corrected chi connectivity index (χ0v) is 18.6. The van der Waals surface area contributed by atoms with Crippen LogP contribution >= 0.6 is 11.8 Å². The zero-order chi connectivity index (χ0) is 23.0. The quantitative estimate of drug-likeness (QED) is 0.339. The normalized spacial score (nSPS) is 12.1. The van der Waals surface area contributed by atoms with Crippen molar-refractivity contribution < 1.29 is 18.6 Å². The van der Waals surface area contributed by atoms with Crippen molar-refractivity contribution in [1.29, 1.82) is 0 Å². The van der Waals surface area contributed by atoms with Crippen molar-refractivity contribution in [3.05, 3.63) is 107 Å². The Hall–Kier alpha value is -3.07. The number of aliphatic hydroxyl groups is 1. The van der Waals surface area contributed by atoms with Crippen LogP contribution in [-0.2, 0) is 17.8 Å². The van der Waals surface area contributed by atoms with Crippen LogP contribution in [0.3, 0.4) is 0 Å². The summed E-state index contributed by atoms with van der Waals surface area (Å²) < 4.78 is 34.5. The third kappa shape index (κ3) is 6.25. The molecule has 0 spiro atoms. The summed E-state index contributed by atoms with van der Waals surface area (Å²) in [6.07, 6.45) is -0.224. The molecular weight excluding hydrogens is 444 g/mol. The van der Waals surface area contributed by atoms with Gasteiger partial charge in [0.1, 0.15) is 17.5 Å². The second-order valence-corrected chi connectivity index (χ2v) is 8.43. The fourth-order valence-electron chi connectivity index (χ4n) is 3.28. The highest BCUT2D eigenvalue weighted by Crippen LogP contribution is 2.24. The van der Waals surface area contributed by atoms with E-state index >= 15 is 0 Å². The summed E-state index contributed by atoms with van der Waals surface area (Å²) in [7, 11) is 0. The fraction of sp³-hybridized carbons (Fsp3) is 0.200. The number of ether oxygens (including phenoxy) is 1. The Morgan fingerprint density at radius 3 is 2.39 bits per heavy atom. The Balaban J connectivity index is 1.43. The lowest BCUT2D eigenvalue weighted by atomic mass is 10.1. The molecule has 170 valence electrons. The van der Waals surface area contributed by atoms with Gasteiger partial charge in [0, 0.05) is 23.4 Å². The Labute approximate surface area is 195 Å². The third-order valence-electron chi connectivity index (χ3n) is 4.92. The Morgan fingerprint density at radius 2 is 1.64 bits per heavy atom. The fourth-order valence-corrected chi connectivity index (χ4v) is 4.15. The topological polar surface area (TPSA) is 60.2 Å². The van der Waals surface area contributed by atoms with E-state index in [-0.39, 0.29) is 24.8 Å². The minimum Gasteiger partial charge on any atom is -0.390 e. The summed E-state index contributed by atoms with van der Waals surface area (Å²) in [6.45, 7) is 0.143. The highest BCUT2D eigenvalue weighted by molar-refractivity contribution is 7.99. The van der Waals surface area contributed by atoms with E-state index in [1.807, 2.05) is 34.9 Å². The number of nitrogens with zero attached hydrogens (tertiary/aromatic N) is 3. The van der Waals surface area contributed by atoms with Crippen molar-refractivity contribution in [2.24, 2.45) is 0 Å². The first-order valence-electron chi connectivity index (χ1n) is 10.5. The van der Waals surface area contributed by atoms with E-state index in [1.165, 1.54) is 30.0 Å². The molecular formula is C25H23F2N3O2S. The van der Waals surface area contributed by atoms with Gasteiger partial charge in [-0.2, -0.15) is 0 Å². The standard InChI is InChI=1S/C25H23F2N3O2S/c26-20-10-12-21(13-11-20)30-24(14-18-6-2-1-3-7-18)28-29-25(30)33-17-22(31)16-32-15-19-8-4-5-9-23(19)27/h1-13,22,31H,14-17H2/t22-/m0/s1. The van der Waals surface area contributed by atoms with Gasteiger partial charge in [0.2, 0.25) is 0 Å². The minimum atomic E-state index is -0.780. The van der Waals surface area contributed by atoms with Crippen LogP contribution < -0.4 is 0 Å². The van der Waals surface area contributed by atoms with Crippen LogP contribution in [-0.4, -0.2) is 38.3 Å². The van der Waals surface area contributed by atoms with Crippen molar-refractivity contribution in [2.75, 3.05) is 12.4 Å². The number of aliphatic hydroxyl groups excluding tert-OH is 1. The molecule has 1 N–H and O–H groups in total. The van der Waals surface area contributed by atoms with Gasteiger partial charge in [0.15, 0.2) is 5.16 Å². The summed E-state index contributed by atoms with van der Waals surface area (Å²) in [5.41, 5.74) is 2.26. The summed E-state index contributed by atoms with van der Waals surface area (Å²) in [5.74, 6) is 0.357. The molecule has 0 aliphatic rings. The van der Waals surface area contributed by atoms with E-state index in [0.29, 0.717) is 28.7 Å². The molecule has 0 fully saturated rings. The lowest BCUT2D eigenvalue weighted by Crippen LogP contribution is -2.18. The lowest BCUT2D eigenvalue weighted by Gasteiger charge is -2.13. The Morgan fingerprint density at radius 1 is 0.909 bits per heavy atom. The molecule has 1 atom stereocenters. The van der Waals surface area contributed by atoms with Gasteiger partial charge in [0.05, 0.1) is 19.3 Å². The summed E-state index contributed by atoms with van der Waals surface area (Å²) in [5, 5.41) is 19.6. The predicted octanol–water partition coefficient (Wildman–Crippen LogP) is 4.81. The van der Waals surface area contributed by atoms with E-state index in [1.54, 1.807) is 30.3 Å². The molecule has 0 amide bonds. The molecule has 0 radical (unpaired) electrons. The molecule has 4 aromatic rings. The van der Waals surface area contributed by atoms with Crippen molar-refractivity contribution in [2.45, 2.75) is 24.3 Å². The highest BCUT2D eigenvalue weighted by Gasteiger charge is 2.17. The molecule has 33 heavy (non-hydrogen) atoms. The first-order chi connectivity index (χ1) is 16.1. The van der Waals surface area contributed by atoms with Gasteiger partial charge in [0.25, 0.3) is 0 Å². The molecule has 0 unspecified atom stereocenters. The lowest BCUT2D eigenvalue weighted by molar-refractivity contribution is 0.0386. The molecule has 0 aliphatic heterocycles. The van der Waals surface area contributed by atoms with Gasteiger partial charge < -0.3 is 9.84 Å². The smallest absolute Gasteiger partial charge is 0.195 e. The maximum absolute atomic E-state index is 13.7. The van der Waals surface area contributed by atoms with Gasteiger partial charge in [-0.1, -0.05) is 60.3 Å². The molecule has 0 bridgehead atoms.